The average Bonchev–Trinajstić information content (AvgIpc) is 2.98. The number of unbranched alkanes of at least 4 members (excludes halogenated alkanes) is 15. The minimum atomic E-state index is -0.685. The zero-order valence-corrected chi connectivity index (χ0v) is 28.7. The molecule has 5 nitrogen and oxygen atoms in total. The van der Waals surface area contributed by atoms with Crippen LogP contribution in [0.25, 0.3) is 0 Å². The number of Topliss-reactive ketones (excluding diaryl/α,β-unsaturated/α-hetero) is 1. The maximum absolute atomic E-state index is 13.1. The maximum atomic E-state index is 13.1. The highest BCUT2D eigenvalue weighted by Crippen LogP contribution is 2.25. The zero-order chi connectivity index (χ0) is 30.2. The second-order valence-corrected chi connectivity index (χ2v) is 13.5. The number of nitrogens with zero attached hydrogens (tertiary/aromatic N) is 2. The van der Waals surface area contributed by atoms with E-state index in [1.54, 1.807) is 0 Å². The second kappa shape index (κ2) is 23.9. The van der Waals surface area contributed by atoms with Crippen LogP contribution in [0.3, 0.4) is 0 Å². The van der Waals surface area contributed by atoms with Crippen LogP contribution in [0.4, 0.5) is 0 Å². The Morgan fingerprint density at radius 3 is 1.59 bits per heavy atom. The molecule has 2 atom stereocenters. The highest BCUT2D eigenvalue weighted by Gasteiger charge is 2.33. The lowest BCUT2D eigenvalue weighted by Gasteiger charge is -2.34. The summed E-state index contributed by atoms with van der Waals surface area (Å²) in [7, 11) is 2.17. The van der Waals surface area contributed by atoms with E-state index < -0.39 is 5.60 Å². The van der Waals surface area contributed by atoms with E-state index in [2.05, 4.69) is 44.5 Å². The van der Waals surface area contributed by atoms with E-state index in [9.17, 15) is 4.79 Å². The van der Waals surface area contributed by atoms with Gasteiger partial charge in [0.2, 0.25) is 0 Å². The average molecular weight is 581 g/mol. The van der Waals surface area contributed by atoms with Crippen LogP contribution in [0.15, 0.2) is 0 Å². The Kier molecular flexibility index (Phi) is 22.5. The number of piperazine rings is 1. The van der Waals surface area contributed by atoms with Gasteiger partial charge in [0.1, 0.15) is 5.60 Å². The molecule has 1 fully saturated rings. The first kappa shape index (κ1) is 38.5. The molecule has 0 aliphatic carbocycles. The smallest absolute Gasteiger partial charge is 0.165 e. The Bertz CT molecular complexity index is 622. The van der Waals surface area contributed by atoms with Crippen LogP contribution in [-0.2, 0) is 14.3 Å². The highest BCUT2D eigenvalue weighted by atomic mass is 16.5. The van der Waals surface area contributed by atoms with Crippen molar-refractivity contribution in [3.8, 4) is 0 Å². The van der Waals surface area contributed by atoms with Gasteiger partial charge in [-0.1, -0.05) is 117 Å². The zero-order valence-electron chi connectivity index (χ0n) is 28.7. The van der Waals surface area contributed by atoms with Gasteiger partial charge in [0, 0.05) is 45.8 Å². The van der Waals surface area contributed by atoms with Crippen molar-refractivity contribution < 1.29 is 14.3 Å². The minimum Gasteiger partial charge on any atom is -0.375 e. The molecule has 1 aliphatic heterocycles. The van der Waals surface area contributed by atoms with E-state index >= 15 is 0 Å². The van der Waals surface area contributed by atoms with Gasteiger partial charge in [0.05, 0.1) is 12.2 Å². The molecule has 1 aliphatic rings. The van der Waals surface area contributed by atoms with Gasteiger partial charge in [0.15, 0.2) is 5.78 Å². The Labute approximate surface area is 256 Å². The Morgan fingerprint density at radius 1 is 0.634 bits per heavy atom. The summed E-state index contributed by atoms with van der Waals surface area (Å²) in [6.07, 6.45) is 25.3. The van der Waals surface area contributed by atoms with E-state index in [0.29, 0.717) is 13.0 Å². The molecule has 1 heterocycles. The number of ether oxygens (including phenoxy) is 2. The summed E-state index contributed by atoms with van der Waals surface area (Å²) in [6.45, 7) is 17.3. The third kappa shape index (κ3) is 18.7. The van der Waals surface area contributed by atoms with Crippen LogP contribution in [0.2, 0.25) is 0 Å². The van der Waals surface area contributed by atoms with Gasteiger partial charge >= 0.3 is 0 Å². The molecule has 0 radical (unpaired) electrons. The van der Waals surface area contributed by atoms with Crippen molar-refractivity contribution >= 4 is 5.78 Å². The van der Waals surface area contributed by atoms with Gasteiger partial charge in [-0.25, -0.2) is 0 Å². The number of hydrogen-bond donors (Lipinski definition) is 0. The number of likely N-dealkylation sites (N-methyl/N-ethyl adjacent to an activating group) is 1. The number of carbonyl (C=O) groups is 1. The van der Waals surface area contributed by atoms with Crippen LogP contribution in [0.1, 0.15) is 163 Å². The largest absolute Gasteiger partial charge is 0.375 e. The molecule has 0 amide bonds. The highest BCUT2D eigenvalue weighted by molar-refractivity contribution is 5.87. The molecule has 0 aromatic rings. The van der Waals surface area contributed by atoms with Gasteiger partial charge in [-0.3, -0.25) is 4.79 Å². The molecule has 5 heteroatoms. The molecule has 0 aromatic carbocycles. The summed E-state index contributed by atoms with van der Waals surface area (Å²) >= 11 is 0. The molecule has 0 N–H and O–H groups in total. The van der Waals surface area contributed by atoms with E-state index in [1.807, 2.05) is 6.92 Å². The molecule has 1 saturated heterocycles. The van der Waals surface area contributed by atoms with Crippen LogP contribution in [0.5, 0.6) is 0 Å². The fourth-order valence-corrected chi connectivity index (χ4v) is 5.79. The third-order valence-electron chi connectivity index (χ3n) is 9.76. The summed E-state index contributed by atoms with van der Waals surface area (Å²) in [5, 5.41) is 0. The standard InChI is InChI=1S/C36H72N2O3/c1-7-10-11-12-13-14-15-16-17-18-19-20-21-22-23-24-32-40-35(4,8-2)26-33-41-36(5,9-3)34(39)25-27-38-30-28-37(6)29-31-38/h7-33H2,1-6H3. The monoisotopic (exact) mass is 581 g/mol. The van der Waals surface area contributed by atoms with Crippen molar-refractivity contribution in [1.29, 1.82) is 0 Å². The van der Waals surface area contributed by atoms with Gasteiger partial charge in [-0.15, -0.1) is 0 Å². The lowest BCUT2D eigenvalue weighted by Crippen LogP contribution is -2.46. The number of carbonyl (C=O) groups excluding carboxylic acids is 1. The number of rotatable bonds is 28. The predicted molar refractivity (Wildman–Crippen MR) is 177 cm³/mol. The SMILES string of the molecule is CCCCCCCCCCCCCCCCCCOC(C)(CC)CCOC(C)(CC)C(=O)CCN1CCN(C)CC1. The van der Waals surface area contributed by atoms with Gasteiger partial charge in [-0.2, -0.15) is 0 Å². The van der Waals surface area contributed by atoms with Crippen LogP contribution in [0, 0.1) is 0 Å². The van der Waals surface area contributed by atoms with Crippen molar-refractivity contribution in [2.75, 3.05) is 53.0 Å². The first-order chi connectivity index (χ1) is 19.8. The fraction of sp³-hybridized carbons (Fsp3) is 0.972. The molecule has 244 valence electrons. The van der Waals surface area contributed by atoms with E-state index in [-0.39, 0.29) is 11.4 Å². The molecule has 0 bridgehead atoms. The first-order valence-corrected chi connectivity index (χ1v) is 18.0. The minimum absolute atomic E-state index is 0.174. The first-order valence-electron chi connectivity index (χ1n) is 18.0. The Balaban J connectivity index is 2.07. The van der Waals surface area contributed by atoms with Crippen LogP contribution < -0.4 is 0 Å². The number of hydrogen-bond acceptors (Lipinski definition) is 5. The summed E-state index contributed by atoms with van der Waals surface area (Å²) in [4.78, 5) is 17.8. The summed E-state index contributed by atoms with van der Waals surface area (Å²) in [5.74, 6) is 0.242. The Hall–Kier alpha value is -0.490. The molecule has 1 rings (SSSR count). The van der Waals surface area contributed by atoms with E-state index in [1.165, 1.54) is 96.3 Å². The van der Waals surface area contributed by atoms with Gasteiger partial charge in [-0.05, 0) is 46.6 Å². The topological polar surface area (TPSA) is 42.0 Å². The van der Waals surface area contributed by atoms with E-state index in [0.717, 1.165) is 65.0 Å². The second-order valence-electron chi connectivity index (χ2n) is 13.5. The lowest BCUT2D eigenvalue weighted by atomic mass is 9.94. The molecule has 0 aromatic heterocycles. The van der Waals surface area contributed by atoms with Crippen molar-refractivity contribution in [2.24, 2.45) is 0 Å². The van der Waals surface area contributed by atoms with Crippen molar-refractivity contribution in [1.82, 2.24) is 9.80 Å². The quantitative estimate of drug-likeness (QED) is 0.0863. The molecule has 2 unspecified atom stereocenters. The normalized spacial score (nSPS) is 17.9. The van der Waals surface area contributed by atoms with Crippen molar-refractivity contribution in [2.45, 2.75) is 174 Å². The van der Waals surface area contributed by atoms with Crippen LogP contribution >= 0.6 is 0 Å². The van der Waals surface area contributed by atoms with Crippen LogP contribution in [-0.4, -0.2) is 79.8 Å². The molecule has 0 spiro atoms. The van der Waals surface area contributed by atoms with Crippen molar-refractivity contribution in [3.05, 3.63) is 0 Å². The summed E-state index contributed by atoms with van der Waals surface area (Å²) in [5.41, 5.74) is -0.859. The van der Waals surface area contributed by atoms with Gasteiger partial charge in [0.25, 0.3) is 0 Å². The summed E-state index contributed by atoms with van der Waals surface area (Å²) in [6, 6.07) is 0. The van der Waals surface area contributed by atoms with E-state index in [4.69, 9.17) is 9.47 Å². The molecular weight excluding hydrogens is 508 g/mol. The van der Waals surface area contributed by atoms with Crippen molar-refractivity contribution in [3.63, 3.8) is 0 Å². The Morgan fingerprint density at radius 2 is 1.12 bits per heavy atom. The lowest BCUT2D eigenvalue weighted by molar-refractivity contribution is -0.147. The predicted octanol–water partition coefficient (Wildman–Crippen LogP) is 9.22. The maximum Gasteiger partial charge on any atom is 0.165 e. The molecular formula is C36H72N2O3. The third-order valence-corrected chi connectivity index (χ3v) is 9.76. The fourth-order valence-electron chi connectivity index (χ4n) is 5.79. The molecule has 0 saturated carbocycles. The summed E-state index contributed by atoms with van der Waals surface area (Å²) < 4.78 is 12.6. The molecule has 41 heavy (non-hydrogen) atoms. The van der Waals surface area contributed by atoms with Gasteiger partial charge < -0.3 is 19.3 Å². The number of ketones is 1.